The number of benzene rings is 1. The second kappa shape index (κ2) is 6.31. The SMILES string of the molecule is CNc1ccc([N+](=O)[O-])cc1C(=O)NC(C)c1nccs1. The smallest absolute Gasteiger partial charge is 0.270 e. The molecule has 0 radical (unpaired) electrons. The third-order valence-electron chi connectivity index (χ3n) is 2.90. The third-order valence-corrected chi connectivity index (χ3v) is 3.86. The van der Waals surface area contributed by atoms with Gasteiger partial charge in [-0.1, -0.05) is 0 Å². The maximum Gasteiger partial charge on any atom is 0.270 e. The molecule has 110 valence electrons. The van der Waals surface area contributed by atoms with Crippen molar-refractivity contribution in [3.8, 4) is 0 Å². The van der Waals surface area contributed by atoms with Crippen molar-refractivity contribution >= 4 is 28.6 Å². The number of thiazole rings is 1. The van der Waals surface area contributed by atoms with Crippen molar-refractivity contribution in [1.82, 2.24) is 10.3 Å². The van der Waals surface area contributed by atoms with Crippen LogP contribution in [0.15, 0.2) is 29.8 Å². The van der Waals surface area contributed by atoms with Crippen LogP contribution in [0.25, 0.3) is 0 Å². The Hall–Kier alpha value is -2.48. The van der Waals surface area contributed by atoms with Gasteiger partial charge >= 0.3 is 0 Å². The van der Waals surface area contributed by atoms with E-state index in [2.05, 4.69) is 15.6 Å². The highest BCUT2D eigenvalue weighted by Gasteiger charge is 2.19. The van der Waals surface area contributed by atoms with Crippen molar-refractivity contribution in [1.29, 1.82) is 0 Å². The molecule has 0 aliphatic heterocycles. The number of non-ortho nitro benzene ring substituents is 1. The van der Waals surface area contributed by atoms with E-state index in [0.717, 1.165) is 5.01 Å². The highest BCUT2D eigenvalue weighted by atomic mass is 32.1. The molecule has 2 rings (SSSR count). The van der Waals surface area contributed by atoms with Gasteiger partial charge in [-0.15, -0.1) is 11.3 Å². The molecule has 0 aliphatic rings. The van der Waals surface area contributed by atoms with Crippen molar-refractivity contribution in [2.45, 2.75) is 13.0 Å². The number of carbonyl (C=O) groups excluding carboxylic acids is 1. The van der Waals surface area contributed by atoms with E-state index in [0.29, 0.717) is 5.69 Å². The van der Waals surface area contributed by atoms with E-state index in [9.17, 15) is 14.9 Å². The molecule has 21 heavy (non-hydrogen) atoms. The van der Waals surface area contributed by atoms with Gasteiger partial charge in [-0.2, -0.15) is 0 Å². The Kier molecular flexibility index (Phi) is 4.49. The second-order valence-corrected chi connectivity index (χ2v) is 5.23. The zero-order valence-corrected chi connectivity index (χ0v) is 12.3. The molecule has 1 amide bonds. The lowest BCUT2D eigenvalue weighted by Crippen LogP contribution is -2.27. The Balaban J connectivity index is 2.25. The number of nitrogens with zero attached hydrogens (tertiary/aromatic N) is 2. The predicted molar refractivity (Wildman–Crippen MR) is 80.6 cm³/mol. The molecule has 2 N–H and O–H groups in total. The van der Waals surface area contributed by atoms with E-state index in [1.54, 1.807) is 13.2 Å². The van der Waals surface area contributed by atoms with Crippen LogP contribution >= 0.6 is 11.3 Å². The molecule has 1 heterocycles. The summed E-state index contributed by atoms with van der Waals surface area (Å²) in [4.78, 5) is 26.7. The van der Waals surface area contributed by atoms with Crippen LogP contribution < -0.4 is 10.6 Å². The van der Waals surface area contributed by atoms with Gasteiger partial charge in [-0.25, -0.2) is 4.98 Å². The fourth-order valence-corrected chi connectivity index (χ4v) is 2.48. The second-order valence-electron chi connectivity index (χ2n) is 4.30. The summed E-state index contributed by atoms with van der Waals surface area (Å²) in [5, 5.41) is 19.1. The normalized spacial score (nSPS) is 11.7. The van der Waals surface area contributed by atoms with Gasteiger partial charge in [-0.3, -0.25) is 14.9 Å². The van der Waals surface area contributed by atoms with Gasteiger partial charge in [0.05, 0.1) is 16.5 Å². The zero-order valence-electron chi connectivity index (χ0n) is 11.5. The van der Waals surface area contributed by atoms with Crippen molar-refractivity contribution in [3.63, 3.8) is 0 Å². The molecule has 0 fully saturated rings. The summed E-state index contributed by atoms with van der Waals surface area (Å²) in [5.41, 5.74) is 0.639. The van der Waals surface area contributed by atoms with Crippen molar-refractivity contribution in [2.75, 3.05) is 12.4 Å². The molecule has 1 aromatic carbocycles. The average molecular weight is 306 g/mol. The number of nitrogens with one attached hydrogen (secondary N) is 2. The molecule has 7 nitrogen and oxygen atoms in total. The lowest BCUT2D eigenvalue weighted by molar-refractivity contribution is -0.384. The zero-order chi connectivity index (χ0) is 15.4. The summed E-state index contributed by atoms with van der Waals surface area (Å²) in [6.45, 7) is 1.81. The molecule has 1 atom stereocenters. The lowest BCUT2D eigenvalue weighted by Gasteiger charge is -2.13. The molecular weight excluding hydrogens is 292 g/mol. The minimum absolute atomic E-state index is 0.124. The summed E-state index contributed by atoms with van der Waals surface area (Å²) < 4.78 is 0. The number of anilines is 1. The summed E-state index contributed by atoms with van der Waals surface area (Å²) >= 11 is 1.44. The Morgan fingerprint density at radius 3 is 2.81 bits per heavy atom. The number of amides is 1. The molecular formula is C13H14N4O3S. The average Bonchev–Trinajstić information content (AvgIpc) is 3.00. The first-order valence-corrected chi connectivity index (χ1v) is 7.07. The number of aromatic nitrogens is 1. The van der Waals surface area contributed by atoms with Crippen LogP contribution in [-0.2, 0) is 0 Å². The molecule has 0 bridgehead atoms. The number of carbonyl (C=O) groups is 1. The number of hydrogen-bond acceptors (Lipinski definition) is 6. The Morgan fingerprint density at radius 1 is 1.48 bits per heavy atom. The number of nitro groups is 1. The van der Waals surface area contributed by atoms with Crippen molar-refractivity contribution in [2.24, 2.45) is 0 Å². The van der Waals surface area contributed by atoms with Crippen molar-refractivity contribution < 1.29 is 9.72 Å². The lowest BCUT2D eigenvalue weighted by atomic mass is 10.1. The Morgan fingerprint density at radius 2 is 2.24 bits per heavy atom. The van der Waals surface area contributed by atoms with E-state index in [-0.39, 0.29) is 23.2 Å². The maximum absolute atomic E-state index is 12.3. The highest BCUT2D eigenvalue weighted by molar-refractivity contribution is 7.09. The van der Waals surface area contributed by atoms with Crippen LogP contribution in [-0.4, -0.2) is 22.9 Å². The number of rotatable bonds is 5. The maximum atomic E-state index is 12.3. The number of nitro benzene ring substituents is 1. The largest absolute Gasteiger partial charge is 0.387 e. The van der Waals surface area contributed by atoms with E-state index in [4.69, 9.17) is 0 Å². The van der Waals surface area contributed by atoms with Crippen LogP contribution in [0.4, 0.5) is 11.4 Å². The minimum Gasteiger partial charge on any atom is -0.387 e. The van der Waals surface area contributed by atoms with Gasteiger partial charge in [0.15, 0.2) is 0 Å². The molecule has 0 spiro atoms. The predicted octanol–water partition coefficient (Wildman–Crippen LogP) is 2.58. The quantitative estimate of drug-likeness (QED) is 0.653. The molecule has 8 heteroatoms. The van der Waals surface area contributed by atoms with E-state index in [1.165, 1.54) is 29.5 Å². The van der Waals surface area contributed by atoms with Crippen LogP contribution in [0.2, 0.25) is 0 Å². The Bertz CT molecular complexity index is 657. The standard InChI is InChI=1S/C13H14N4O3S/c1-8(13-15-5-6-21-13)16-12(18)10-7-9(17(19)20)3-4-11(10)14-2/h3-8,14H,1-2H3,(H,16,18). The molecule has 0 aliphatic carbocycles. The minimum atomic E-state index is -0.527. The van der Waals surface area contributed by atoms with Gasteiger partial charge < -0.3 is 10.6 Å². The molecule has 1 unspecified atom stereocenters. The summed E-state index contributed by atoms with van der Waals surface area (Å²) in [7, 11) is 1.65. The van der Waals surface area contributed by atoms with Crippen LogP contribution in [0, 0.1) is 10.1 Å². The summed E-state index contributed by atoms with van der Waals surface area (Å²) in [5.74, 6) is -0.384. The van der Waals surface area contributed by atoms with Crippen molar-refractivity contribution in [3.05, 3.63) is 50.5 Å². The monoisotopic (exact) mass is 306 g/mol. The first kappa shape index (κ1) is 14.9. The van der Waals surface area contributed by atoms with Gasteiger partial charge in [-0.05, 0) is 13.0 Å². The fourth-order valence-electron chi connectivity index (χ4n) is 1.84. The van der Waals surface area contributed by atoms with Crippen LogP contribution in [0.1, 0.15) is 28.3 Å². The topological polar surface area (TPSA) is 97.2 Å². The van der Waals surface area contributed by atoms with Crippen LogP contribution in [0.5, 0.6) is 0 Å². The molecule has 2 aromatic rings. The van der Waals surface area contributed by atoms with Gasteiger partial charge in [0.1, 0.15) is 5.01 Å². The van der Waals surface area contributed by atoms with Gasteiger partial charge in [0.25, 0.3) is 11.6 Å². The number of hydrogen-bond donors (Lipinski definition) is 2. The molecule has 0 saturated heterocycles. The van der Waals surface area contributed by atoms with Gasteiger partial charge in [0.2, 0.25) is 0 Å². The fraction of sp³-hybridized carbons (Fsp3) is 0.231. The first-order chi connectivity index (χ1) is 10.0. The third kappa shape index (κ3) is 3.34. The first-order valence-electron chi connectivity index (χ1n) is 6.19. The summed E-state index contributed by atoms with van der Waals surface area (Å²) in [6.07, 6.45) is 1.66. The van der Waals surface area contributed by atoms with E-state index in [1.807, 2.05) is 12.3 Å². The molecule has 0 saturated carbocycles. The highest BCUT2D eigenvalue weighted by Crippen LogP contribution is 2.23. The molecule has 1 aromatic heterocycles. The Labute approximate surface area is 125 Å². The van der Waals surface area contributed by atoms with E-state index >= 15 is 0 Å². The van der Waals surface area contributed by atoms with Gasteiger partial charge in [0, 0.05) is 36.4 Å². The van der Waals surface area contributed by atoms with E-state index < -0.39 is 4.92 Å². The van der Waals surface area contributed by atoms with Crippen LogP contribution in [0.3, 0.4) is 0 Å². The summed E-state index contributed by atoms with van der Waals surface area (Å²) in [6, 6.07) is 3.87.